The third-order valence-corrected chi connectivity index (χ3v) is 5.79. The number of aliphatic hydroxyl groups excluding tert-OH is 1. The van der Waals surface area contributed by atoms with E-state index in [1.807, 2.05) is 30.5 Å². The molecule has 3 aromatic rings. The molecule has 6 N–H and O–H groups in total. The molecule has 0 saturated carbocycles. The Morgan fingerprint density at radius 1 is 1.05 bits per heavy atom. The van der Waals surface area contributed by atoms with Gasteiger partial charge in [-0.15, -0.1) is 0 Å². The first-order valence-corrected chi connectivity index (χ1v) is 12.8. The number of hydrogen-bond acceptors (Lipinski definition) is 7. The molecular formula is C29H36N4O7. The number of ether oxygens (including phenoxy) is 2. The Hall–Kier alpha value is -4.35. The maximum absolute atomic E-state index is 13.2. The number of rotatable bonds is 11. The number of aromatic nitrogens is 1. The van der Waals surface area contributed by atoms with Gasteiger partial charge in [0.1, 0.15) is 24.0 Å². The van der Waals surface area contributed by atoms with Crippen molar-refractivity contribution in [1.29, 1.82) is 0 Å². The zero-order valence-electron chi connectivity index (χ0n) is 22.9. The normalized spacial score (nSPS) is 13.8. The molecule has 3 amide bonds. The van der Waals surface area contributed by atoms with Gasteiger partial charge < -0.3 is 30.2 Å². The Balaban J connectivity index is 1.75. The number of carbonyl (C=O) groups excluding carboxylic acids is 3. The van der Waals surface area contributed by atoms with Gasteiger partial charge in [0.15, 0.2) is 0 Å². The van der Waals surface area contributed by atoms with E-state index in [0.29, 0.717) is 17.7 Å². The third-order valence-electron chi connectivity index (χ3n) is 5.79. The molecule has 0 saturated heterocycles. The number of aromatic amines is 1. The van der Waals surface area contributed by atoms with E-state index in [9.17, 15) is 19.5 Å². The van der Waals surface area contributed by atoms with Crippen LogP contribution in [0.1, 0.15) is 38.8 Å². The van der Waals surface area contributed by atoms with Crippen LogP contribution in [0.5, 0.6) is 5.75 Å². The summed E-state index contributed by atoms with van der Waals surface area (Å²) in [6.45, 7) is 6.60. The molecule has 3 rings (SSSR count). The van der Waals surface area contributed by atoms with Gasteiger partial charge in [0.05, 0.1) is 12.1 Å². The molecular weight excluding hydrogens is 516 g/mol. The summed E-state index contributed by atoms with van der Waals surface area (Å²) < 4.78 is 11.2. The van der Waals surface area contributed by atoms with Gasteiger partial charge in [0.25, 0.3) is 5.91 Å². The maximum atomic E-state index is 13.2. The molecule has 0 spiro atoms. The number of aliphatic hydroxyl groups is 1. The fourth-order valence-corrected chi connectivity index (χ4v) is 3.93. The van der Waals surface area contributed by atoms with Gasteiger partial charge in [0, 0.05) is 23.2 Å². The Morgan fingerprint density at radius 2 is 1.75 bits per heavy atom. The maximum Gasteiger partial charge on any atom is 0.408 e. The zero-order valence-corrected chi connectivity index (χ0v) is 22.9. The second-order valence-corrected chi connectivity index (χ2v) is 10.3. The molecule has 0 aliphatic rings. The van der Waals surface area contributed by atoms with Crippen LogP contribution in [-0.2, 0) is 20.7 Å². The van der Waals surface area contributed by atoms with Crippen molar-refractivity contribution in [2.24, 2.45) is 0 Å². The van der Waals surface area contributed by atoms with E-state index in [4.69, 9.17) is 14.7 Å². The highest BCUT2D eigenvalue weighted by Crippen LogP contribution is 2.20. The topological polar surface area (TPSA) is 162 Å². The largest absolute Gasteiger partial charge is 0.491 e. The predicted octanol–water partition coefficient (Wildman–Crippen LogP) is 3.07. The van der Waals surface area contributed by atoms with Crippen LogP contribution >= 0.6 is 0 Å². The molecule has 1 unspecified atom stereocenters. The van der Waals surface area contributed by atoms with Crippen LogP contribution in [0.4, 0.5) is 4.79 Å². The lowest BCUT2D eigenvalue weighted by Gasteiger charge is -2.27. The van der Waals surface area contributed by atoms with E-state index in [0.717, 1.165) is 16.5 Å². The molecule has 1 heterocycles. The van der Waals surface area contributed by atoms with Gasteiger partial charge in [-0.05, 0) is 69.5 Å². The third kappa shape index (κ3) is 9.14. The molecule has 0 fully saturated rings. The second-order valence-electron chi connectivity index (χ2n) is 10.3. The van der Waals surface area contributed by atoms with Crippen molar-refractivity contribution >= 4 is 34.9 Å². The Bertz CT molecular complexity index is 1330. The van der Waals surface area contributed by atoms with Crippen LogP contribution in [0, 0.1) is 0 Å². The smallest absolute Gasteiger partial charge is 0.408 e. The van der Waals surface area contributed by atoms with E-state index < -0.39 is 41.7 Å². The first-order valence-electron chi connectivity index (χ1n) is 12.8. The van der Waals surface area contributed by atoms with E-state index in [2.05, 4.69) is 15.6 Å². The minimum atomic E-state index is -1.25. The molecule has 214 valence electrons. The number of nitrogens with one attached hydrogen (secondary N) is 4. The summed E-state index contributed by atoms with van der Waals surface area (Å²) >= 11 is 0. The molecule has 1 aromatic heterocycles. The van der Waals surface area contributed by atoms with Gasteiger partial charge in [0.2, 0.25) is 5.91 Å². The summed E-state index contributed by atoms with van der Waals surface area (Å²) in [4.78, 5) is 40.0. The fraction of sp³-hybridized carbons (Fsp3) is 0.345. The number of fused-ring (bicyclic) bond motifs is 1. The predicted molar refractivity (Wildman–Crippen MR) is 150 cm³/mol. The molecule has 11 nitrogen and oxygen atoms in total. The summed E-state index contributed by atoms with van der Waals surface area (Å²) in [5.74, 6) is -0.703. The first-order chi connectivity index (χ1) is 18.9. The number of benzene rings is 2. The number of hydroxylamine groups is 1. The number of H-pyrrole nitrogens is 1. The van der Waals surface area contributed by atoms with E-state index >= 15 is 0 Å². The fourth-order valence-electron chi connectivity index (χ4n) is 3.93. The van der Waals surface area contributed by atoms with Crippen LogP contribution in [0.25, 0.3) is 17.0 Å². The van der Waals surface area contributed by atoms with Crippen molar-refractivity contribution in [2.75, 3.05) is 6.61 Å². The monoisotopic (exact) mass is 552 g/mol. The molecule has 2 aromatic carbocycles. The SMILES string of the molecule is CC(O)[C@H](NC(=O)OC(C)(C)C)C(=O)N[C@H](COc1ccc(/C=C/C(=O)NO)cc1)Cc1c[nH]c2ccccc12. The van der Waals surface area contributed by atoms with Crippen LogP contribution in [-0.4, -0.2) is 63.6 Å². The molecule has 11 heteroatoms. The first kappa shape index (κ1) is 30.2. The van der Waals surface area contributed by atoms with Crippen molar-refractivity contribution in [3.8, 4) is 5.75 Å². The van der Waals surface area contributed by atoms with Gasteiger partial charge in [-0.25, -0.2) is 10.3 Å². The van der Waals surface area contributed by atoms with Crippen molar-refractivity contribution in [1.82, 2.24) is 21.1 Å². The van der Waals surface area contributed by atoms with Crippen molar-refractivity contribution in [3.63, 3.8) is 0 Å². The molecule has 0 aliphatic heterocycles. The molecule has 40 heavy (non-hydrogen) atoms. The summed E-state index contributed by atoms with van der Waals surface area (Å²) in [5.41, 5.74) is 3.38. The molecule has 3 atom stereocenters. The van der Waals surface area contributed by atoms with Gasteiger partial charge in [-0.1, -0.05) is 30.3 Å². The summed E-state index contributed by atoms with van der Waals surface area (Å²) in [6.07, 6.45) is 3.00. The van der Waals surface area contributed by atoms with Gasteiger partial charge in [-0.3, -0.25) is 14.8 Å². The number of amides is 3. The number of alkyl carbamates (subject to hydrolysis) is 1. The van der Waals surface area contributed by atoms with E-state index in [1.165, 1.54) is 24.6 Å². The number of hydrogen-bond donors (Lipinski definition) is 6. The lowest BCUT2D eigenvalue weighted by molar-refractivity contribution is -0.126. The Kier molecular flexibility index (Phi) is 10.3. The van der Waals surface area contributed by atoms with Crippen LogP contribution in [0.15, 0.2) is 60.8 Å². The average Bonchev–Trinajstić information content (AvgIpc) is 3.31. The van der Waals surface area contributed by atoms with Gasteiger partial charge in [-0.2, -0.15) is 0 Å². The second kappa shape index (κ2) is 13.6. The lowest BCUT2D eigenvalue weighted by Crippen LogP contribution is -2.56. The number of carbonyl (C=O) groups is 3. The molecule has 0 aliphatic carbocycles. The summed E-state index contributed by atoms with van der Waals surface area (Å²) in [6, 6.07) is 12.9. The van der Waals surface area contributed by atoms with Crippen LogP contribution in [0.2, 0.25) is 0 Å². The molecule has 0 bridgehead atoms. The summed E-state index contributed by atoms with van der Waals surface area (Å²) in [5, 5.41) is 25.2. The van der Waals surface area contributed by atoms with Crippen molar-refractivity contribution < 1.29 is 34.2 Å². The highest BCUT2D eigenvalue weighted by atomic mass is 16.6. The Labute approximate surface area is 232 Å². The minimum Gasteiger partial charge on any atom is -0.491 e. The zero-order chi connectivity index (χ0) is 29.3. The summed E-state index contributed by atoms with van der Waals surface area (Å²) in [7, 11) is 0. The van der Waals surface area contributed by atoms with E-state index in [1.54, 1.807) is 45.0 Å². The quantitative estimate of drug-likeness (QED) is 0.121. The number of para-hydroxylation sites is 1. The Morgan fingerprint density at radius 3 is 2.40 bits per heavy atom. The van der Waals surface area contributed by atoms with Crippen molar-refractivity contribution in [3.05, 3.63) is 71.9 Å². The van der Waals surface area contributed by atoms with Crippen LogP contribution < -0.4 is 20.9 Å². The minimum absolute atomic E-state index is 0.0896. The molecule has 0 radical (unpaired) electrons. The highest BCUT2D eigenvalue weighted by molar-refractivity contribution is 5.90. The van der Waals surface area contributed by atoms with Crippen molar-refractivity contribution in [2.45, 2.75) is 57.9 Å². The lowest BCUT2D eigenvalue weighted by atomic mass is 10.0. The average molecular weight is 553 g/mol. The van der Waals surface area contributed by atoms with E-state index in [-0.39, 0.29) is 6.61 Å². The standard InChI is InChI=1S/C29H36N4O7/c1-18(34)26(32-28(37)40-29(2,3)4)27(36)31-21(15-20-16-30-24-8-6-5-7-23(20)24)17-39-22-12-9-19(10-13-22)11-14-25(35)33-38/h5-14,16,18,21,26,30,34,38H,15,17H2,1-4H3,(H,31,36)(H,32,37)(H,33,35)/b14-11+/t18?,21-,26-/m0/s1. The van der Waals surface area contributed by atoms with Gasteiger partial charge >= 0.3 is 6.09 Å². The highest BCUT2D eigenvalue weighted by Gasteiger charge is 2.30. The van der Waals surface area contributed by atoms with Crippen LogP contribution in [0.3, 0.4) is 0 Å².